The number of amides is 1. The molecule has 36 heavy (non-hydrogen) atoms. The van der Waals surface area contributed by atoms with Crippen LogP contribution in [0.1, 0.15) is 28.7 Å². The van der Waals surface area contributed by atoms with Gasteiger partial charge in [0.1, 0.15) is 22.9 Å². The van der Waals surface area contributed by atoms with Crippen molar-refractivity contribution in [1.29, 1.82) is 0 Å². The van der Waals surface area contributed by atoms with Crippen LogP contribution in [0.25, 0.3) is 28.1 Å². The van der Waals surface area contributed by atoms with Gasteiger partial charge in [0.15, 0.2) is 0 Å². The standard InChI is InChI=1S/C25H19ClF3N5O2/c1-2-18-22(34-10-9-16(26)12-21(34)31-18)24(35)30-13-14-3-8-19-20(11-14)33-23(32-19)15-4-6-17(7-5-15)36-25(27,28)29/h3-12H,2,13H2,1H3,(H,30,35)(H,32,33). The van der Waals surface area contributed by atoms with Gasteiger partial charge in [-0.05, 0) is 54.4 Å². The van der Waals surface area contributed by atoms with Gasteiger partial charge in [-0.15, -0.1) is 13.2 Å². The van der Waals surface area contributed by atoms with Crippen molar-refractivity contribution in [2.45, 2.75) is 26.3 Å². The molecule has 7 nitrogen and oxygen atoms in total. The van der Waals surface area contributed by atoms with E-state index in [1.54, 1.807) is 22.7 Å². The number of ether oxygens (including phenoxy) is 1. The van der Waals surface area contributed by atoms with Crippen LogP contribution in [0.3, 0.4) is 0 Å². The Balaban J connectivity index is 1.33. The zero-order chi connectivity index (χ0) is 25.4. The van der Waals surface area contributed by atoms with Gasteiger partial charge < -0.3 is 15.0 Å². The van der Waals surface area contributed by atoms with Crippen LogP contribution in [0.5, 0.6) is 5.75 Å². The minimum atomic E-state index is -4.75. The molecule has 1 amide bonds. The number of benzene rings is 2. The number of pyridine rings is 1. The summed E-state index contributed by atoms with van der Waals surface area (Å²) in [5.41, 5.74) is 4.61. The lowest BCUT2D eigenvalue weighted by Gasteiger charge is -2.08. The molecule has 0 atom stereocenters. The first-order chi connectivity index (χ1) is 17.2. The van der Waals surface area contributed by atoms with Gasteiger partial charge in [-0.2, -0.15) is 0 Å². The maximum absolute atomic E-state index is 13.0. The van der Waals surface area contributed by atoms with Crippen molar-refractivity contribution in [1.82, 2.24) is 24.7 Å². The largest absolute Gasteiger partial charge is 0.573 e. The molecule has 0 fully saturated rings. The van der Waals surface area contributed by atoms with E-state index in [0.717, 1.165) is 11.1 Å². The van der Waals surface area contributed by atoms with Crippen LogP contribution in [0, 0.1) is 0 Å². The van der Waals surface area contributed by atoms with Gasteiger partial charge in [0.05, 0.1) is 16.7 Å². The van der Waals surface area contributed by atoms with Crippen LogP contribution in [-0.2, 0) is 13.0 Å². The van der Waals surface area contributed by atoms with Crippen LogP contribution >= 0.6 is 11.6 Å². The molecule has 0 aliphatic carbocycles. The van der Waals surface area contributed by atoms with E-state index in [2.05, 4.69) is 25.0 Å². The Hall–Kier alpha value is -4.05. The van der Waals surface area contributed by atoms with Crippen LogP contribution in [-0.4, -0.2) is 31.6 Å². The topological polar surface area (TPSA) is 84.3 Å². The van der Waals surface area contributed by atoms with Crippen molar-refractivity contribution in [3.63, 3.8) is 0 Å². The highest BCUT2D eigenvalue weighted by Gasteiger charge is 2.31. The van der Waals surface area contributed by atoms with Gasteiger partial charge in [0, 0.05) is 29.4 Å². The highest BCUT2D eigenvalue weighted by Crippen LogP contribution is 2.27. The Bertz CT molecular complexity index is 1570. The van der Waals surface area contributed by atoms with Crippen LogP contribution in [0.2, 0.25) is 5.02 Å². The summed E-state index contributed by atoms with van der Waals surface area (Å²) in [6.07, 6.45) is -2.43. The lowest BCUT2D eigenvalue weighted by Crippen LogP contribution is -2.25. The molecule has 5 aromatic rings. The Labute approximate surface area is 207 Å². The van der Waals surface area contributed by atoms with Crippen molar-refractivity contribution < 1.29 is 22.7 Å². The van der Waals surface area contributed by atoms with Crippen LogP contribution in [0.15, 0.2) is 60.8 Å². The van der Waals surface area contributed by atoms with Crippen molar-refractivity contribution >= 4 is 34.2 Å². The summed E-state index contributed by atoms with van der Waals surface area (Å²) >= 11 is 6.05. The predicted molar refractivity (Wildman–Crippen MR) is 129 cm³/mol. The van der Waals surface area contributed by atoms with E-state index < -0.39 is 6.36 Å². The molecule has 2 N–H and O–H groups in total. The Morgan fingerprint density at radius 2 is 1.89 bits per heavy atom. The number of hydrogen-bond donors (Lipinski definition) is 2. The van der Waals surface area contributed by atoms with E-state index in [0.29, 0.717) is 45.4 Å². The molecule has 0 aliphatic heterocycles. The Kier molecular flexibility index (Phi) is 6.05. The van der Waals surface area contributed by atoms with E-state index in [9.17, 15) is 18.0 Å². The number of imidazole rings is 2. The number of hydrogen-bond acceptors (Lipinski definition) is 4. The molecular formula is C25H19ClF3N5O2. The molecule has 0 saturated carbocycles. The average Bonchev–Trinajstić information content (AvgIpc) is 3.42. The number of carbonyl (C=O) groups is 1. The van der Waals surface area contributed by atoms with Gasteiger partial charge >= 0.3 is 6.36 Å². The molecule has 184 valence electrons. The molecular weight excluding hydrogens is 495 g/mol. The van der Waals surface area contributed by atoms with Crippen molar-refractivity contribution in [3.8, 4) is 17.1 Å². The fourth-order valence-electron chi connectivity index (χ4n) is 3.94. The van der Waals surface area contributed by atoms with Crippen LogP contribution < -0.4 is 10.1 Å². The second-order valence-corrected chi connectivity index (χ2v) is 8.46. The molecule has 5 rings (SSSR count). The molecule has 0 radical (unpaired) electrons. The van der Waals surface area contributed by atoms with Crippen molar-refractivity contribution in [2.24, 2.45) is 0 Å². The lowest BCUT2D eigenvalue weighted by molar-refractivity contribution is -0.274. The quantitative estimate of drug-likeness (QED) is 0.295. The smallest absolute Gasteiger partial charge is 0.406 e. The zero-order valence-electron chi connectivity index (χ0n) is 18.9. The van der Waals surface area contributed by atoms with E-state index in [-0.39, 0.29) is 18.2 Å². The van der Waals surface area contributed by atoms with Crippen molar-refractivity contribution in [2.75, 3.05) is 0 Å². The molecule has 11 heteroatoms. The number of aromatic amines is 1. The highest BCUT2D eigenvalue weighted by molar-refractivity contribution is 6.30. The fraction of sp³-hybridized carbons (Fsp3) is 0.160. The SMILES string of the molecule is CCc1nc2cc(Cl)ccn2c1C(=O)NCc1ccc2nc(-c3ccc(OC(F)(F)F)cc3)[nH]c2c1. The second-order valence-electron chi connectivity index (χ2n) is 8.03. The van der Waals surface area contributed by atoms with E-state index in [1.807, 2.05) is 25.1 Å². The predicted octanol–water partition coefficient (Wildman–Crippen LogP) is 5.92. The summed E-state index contributed by atoms with van der Waals surface area (Å²) in [7, 11) is 0. The molecule has 3 heterocycles. The Morgan fingerprint density at radius 1 is 1.11 bits per heavy atom. The fourth-order valence-corrected chi connectivity index (χ4v) is 4.09. The molecule has 0 aliphatic rings. The third-order valence-corrected chi connectivity index (χ3v) is 5.81. The third kappa shape index (κ3) is 4.85. The second kappa shape index (κ2) is 9.19. The van der Waals surface area contributed by atoms with Gasteiger partial charge in [0.25, 0.3) is 5.91 Å². The summed E-state index contributed by atoms with van der Waals surface area (Å²) in [5.74, 6) is -0.0596. The van der Waals surface area contributed by atoms with Crippen molar-refractivity contribution in [3.05, 3.63) is 82.8 Å². The molecule has 3 aromatic heterocycles. The summed E-state index contributed by atoms with van der Waals surface area (Å²) < 4.78 is 42.8. The van der Waals surface area contributed by atoms with Gasteiger partial charge in [0.2, 0.25) is 0 Å². The van der Waals surface area contributed by atoms with Gasteiger partial charge in [-0.3, -0.25) is 9.20 Å². The maximum Gasteiger partial charge on any atom is 0.573 e. The first-order valence-corrected chi connectivity index (χ1v) is 11.4. The number of nitrogens with zero attached hydrogens (tertiary/aromatic N) is 3. The summed E-state index contributed by atoms with van der Waals surface area (Å²) in [6.45, 7) is 2.21. The summed E-state index contributed by atoms with van der Waals surface area (Å²) in [5, 5.41) is 3.48. The minimum absolute atomic E-state index is 0.256. The molecule has 0 spiro atoms. The number of alkyl halides is 3. The summed E-state index contributed by atoms with van der Waals surface area (Å²) in [4.78, 5) is 25.2. The number of nitrogens with one attached hydrogen (secondary N) is 2. The number of halogens is 4. The number of rotatable bonds is 6. The minimum Gasteiger partial charge on any atom is -0.406 e. The Morgan fingerprint density at radius 3 is 2.61 bits per heavy atom. The lowest BCUT2D eigenvalue weighted by atomic mass is 10.2. The average molecular weight is 514 g/mol. The normalized spacial score (nSPS) is 11.8. The number of H-pyrrole nitrogens is 1. The monoisotopic (exact) mass is 513 g/mol. The number of carbonyl (C=O) groups excluding carboxylic acids is 1. The van der Waals surface area contributed by atoms with E-state index in [1.165, 1.54) is 24.3 Å². The zero-order valence-corrected chi connectivity index (χ0v) is 19.6. The molecule has 2 aromatic carbocycles. The van der Waals surface area contributed by atoms with E-state index in [4.69, 9.17) is 11.6 Å². The van der Waals surface area contributed by atoms with Crippen LogP contribution in [0.4, 0.5) is 13.2 Å². The maximum atomic E-state index is 13.0. The molecule has 0 bridgehead atoms. The third-order valence-electron chi connectivity index (χ3n) is 5.57. The molecule has 0 saturated heterocycles. The van der Waals surface area contributed by atoms with Gasteiger partial charge in [-0.1, -0.05) is 24.6 Å². The van der Waals surface area contributed by atoms with Gasteiger partial charge in [-0.25, -0.2) is 9.97 Å². The highest BCUT2D eigenvalue weighted by atomic mass is 35.5. The first kappa shape index (κ1) is 23.7. The number of aryl methyl sites for hydroxylation is 1. The first-order valence-electron chi connectivity index (χ1n) is 11.0. The number of aromatic nitrogens is 4. The molecule has 0 unspecified atom stereocenters. The van der Waals surface area contributed by atoms with E-state index >= 15 is 0 Å². The number of fused-ring (bicyclic) bond motifs is 2. The summed E-state index contributed by atoms with van der Waals surface area (Å²) in [6, 6.07) is 14.4.